The number of nitrogens with zero attached hydrogens (tertiary/aromatic N) is 1. The van der Waals surface area contributed by atoms with Crippen LogP contribution in [0.4, 0.5) is 0 Å². The molecule has 3 heterocycles. The maximum Gasteiger partial charge on any atom is 0.262 e. The maximum absolute atomic E-state index is 12.4. The molecule has 3 aliphatic rings. The van der Waals surface area contributed by atoms with E-state index < -0.39 is 5.54 Å². The summed E-state index contributed by atoms with van der Waals surface area (Å²) in [6.45, 7) is 0. The Labute approximate surface area is 109 Å². The average Bonchev–Trinajstić information content (AvgIpc) is 2.82. The number of carbonyl (C=O) groups excluding carboxylic acids is 1. The van der Waals surface area contributed by atoms with Crippen molar-refractivity contribution in [1.82, 2.24) is 5.32 Å². The molecular weight excluding hydrogens is 244 g/mol. The number of para-hydroxylation sites is 1. The lowest BCUT2D eigenvalue weighted by atomic mass is 9.78. The Hall–Kier alpha value is -2.56. The number of hydrogen-bond acceptors (Lipinski definition) is 4. The summed E-state index contributed by atoms with van der Waals surface area (Å²) in [6.07, 6.45) is 5.97. The highest BCUT2D eigenvalue weighted by Gasteiger charge is 2.53. The molecule has 1 spiro atoms. The van der Waals surface area contributed by atoms with Gasteiger partial charge in [0.05, 0.1) is 24.4 Å². The van der Waals surface area contributed by atoms with E-state index >= 15 is 0 Å². The molecular formula is C14H10N2O3. The molecule has 1 amide bonds. The minimum atomic E-state index is -1.07. The standard InChI is InChI=1S/C14H10N2O3/c17-13-14(16-8-15-13)9-3-1-2-4-11(9)19-12-5-6-18-7-10(12)14/h1-8,12H,(H,15,16,17). The molecule has 0 radical (unpaired) electrons. The number of benzene rings is 1. The molecule has 5 heteroatoms. The van der Waals surface area contributed by atoms with Gasteiger partial charge in [-0.05, 0) is 12.1 Å². The fraction of sp³-hybridized carbons (Fsp3) is 0.143. The van der Waals surface area contributed by atoms with Crippen LogP contribution in [0.2, 0.25) is 0 Å². The third-order valence-electron chi connectivity index (χ3n) is 3.56. The van der Waals surface area contributed by atoms with Crippen molar-refractivity contribution in [2.24, 2.45) is 4.99 Å². The SMILES string of the molecule is O=C1NC=NC12C1=COC=CC1Oc1ccccc12. The average molecular weight is 254 g/mol. The van der Waals surface area contributed by atoms with E-state index in [1.807, 2.05) is 24.3 Å². The summed E-state index contributed by atoms with van der Waals surface area (Å²) in [6, 6.07) is 7.44. The fourth-order valence-corrected chi connectivity index (χ4v) is 2.70. The van der Waals surface area contributed by atoms with Crippen LogP contribution in [-0.2, 0) is 15.1 Å². The predicted octanol–water partition coefficient (Wildman–Crippen LogP) is 1.23. The number of rotatable bonds is 0. The van der Waals surface area contributed by atoms with E-state index in [-0.39, 0.29) is 12.0 Å². The van der Waals surface area contributed by atoms with Crippen LogP contribution in [-0.4, -0.2) is 18.3 Å². The molecule has 5 nitrogen and oxygen atoms in total. The van der Waals surface area contributed by atoms with E-state index in [1.54, 1.807) is 18.6 Å². The Morgan fingerprint density at radius 1 is 1.32 bits per heavy atom. The summed E-state index contributed by atoms with van der Waals surface area (Å²) in [5, 5.41) is 2.65. The van der Waals surface area contributed by atoms with Crippen LogP contribution in [0.15, 0.2) is 53.4 Å². The van der Waals surface area contributed by atoms with Crippen LogP contribution in [0.25, 0.3) is 0 Å². The first-order valence-electron chi connectivity index (χ1n) is 5.96. The molecule has 1 aromatic rings. The lowest BCUT2D eigenvalue weighted by Crippen LogP contribution is -2.46. The summed E-state index contributed by atoms with van der Waals surface area (Å²) < 4.78 is 11.1. The highest BCUT2D eigenvalue weighted by Crippen LogP contribution is 2.47. The van der Waals surface area contributed by atoms with E-state index in [0.29, 0.717) is 11.3 Å². The lowest BCUT2D eigenvalue weighted by Gasteiger charge is -2.38. The van der Waals surface area contributed by atoms with Gasteiger partial charge in [0.15, 0.2) is 5.54 Å². The van der Waals surface area contributed by atoms with Gasteiger partial charge in [-0.3, -0.25) is 4.79 Å². The van der Waals surface area contributed by atoms with Gasteiger partial charge in [0.25, 0.3) is 5.91 Å². The van der Waals surface area contributed by atoms with Gasteiger partial charge in [-0.25, -0.2) is 4.99 Å². The summed E-state index contributed by atoms with van der Waals surface area (Å²) in [7, 11) is 0. The minimum Gasteiger partial charge on any atom is -0.481 e. The molecule has 0 saturated heterocycles. The number of ether oxygens (including phenoxy) is 2. The molecule has 0 bridgehead atoms. The molecule has 0 saturated carbocycles. The first-order chi connectivity index (χ1) is 9.32. The van der Waals surface area contributed by atoms with Crippen molar-refractivity contribution < 1.29 is 14.3 Å². The van der Waals surface area contributed by atoms with Gasteiger partial charge in [0.2, 0.25) is 0 Å². The second-order valence-electron chi connectivity index (χ2n) is 4.51. The van der Waals surface area contributed by atoms with Gasteiger partial charge in [0.1, 0.15) is 11.9 Å². The zero-order valence-corrected chi connectivity index (χ0v) is 9.87. The van der Waals surface area contributed by atoms with Crippen LogP contribution in [0.5, 0.6) is 5.75 Å². The van der Waals surface area contributed by atoms with Gasteiger partial charge in [0, 0.05) is 5.56 Å². The van der Waals surface area contributed by atoms with Crippen LogP contribution in [0.3, 0.4) is 0 Å². The number of carbonyl (C=O) groups is 1. The molecule has 2 unspecified atom stereocenters. The van der Waals surface area contributed by atoms with Crippen LogP contribution in [0, 0.1) is 0 Å². The van der Waals surface area contributed by atoms with Crippen molar-refractivity contribution in [2.75, 3.05) is 0 Å². The molecule has 0 aliphatic carbocycles. The van der Waals surface area contributed by atoms with E-state index in [4.69, 9.17) is 9.47 Å². The monoisotopic (exact) mass is 254 g/mol. The third-order valence-corrected chi connectivity index (χ3v) is 3.56. The first kappa shape index (κ1) is 10.4. The number of nitrogens with one attached hydrogen (secondary N) is 1. The van der Waals surface area contributed by atoms with E-state index in [0.717, 1.165) is 5.56 Å². The summed E-state index contributed by atoms with van der Waals surface area (Å²) >= 11 is 0. The third kappa shape index (κ3) is 1.19. The van der Waals surface area contributed by atoms with E-state index in [9.17, 15) is 4.79 Å². The summed E-state index contributed by atoms with van der Waals surface area (Å²) in [4.78, 5) is 16.7. The van der Waals surface area contributed by atoms with Gasteiger partial charge in [-0.1, -0.05) is 18.2 Å². The zero-order valence-electron chi connectivity index (χ0n) is 9.87. The van der Waals surface area contributed by atoms with Crippen molar-refractivity contribution in [1.29, 1.82) is 0 Å². The molecule has 3 aliphatic heterocycles. The summed E-state index contributed by atoms with van der Waals surface area (Å²) in [5.41, 5.74) is 0.368. The number of amides is 1. The Balaban J connectivity index is 2.02. The Bertz CT molecular complexity index is 662. The normalized spacial score (nSPS) is 30.0. The highest BCUT2D eigenvalue weighted by atomic mass is 16.5. The van der Waals surface area contributed by atoms with Crippen molar-refractivity contribution in [3.63, 3.8) is 0 Å². The molecule has 0 fully saturated rings. The molecule has 0 aromatic heterocycles. The van der Waals surface area contributed by atoms with Gasteiger partial charge < -0.3 is 14.8 Å². The Morgan fingerprint density at radius 3 is 3.05 bits per heavy atom. The predicted molar refractivity (Wildman–Crippen MR) is 67.5 cm³/mol. The van der Waals surface area contributed by atoms with Crippen LogP contribution >= 0.6 is 0 Å². The second-order valence-corrected chi connectivity index (χ2v) is 4.51. The number of aliphatic imine (C=N–C) groups is 1. The van der Waals surface area contributed by atoms with E-state index in [2.05, 4.69) is 10.3 Å². The van der Waals surface area contributed by atoms with E-state index in [1.165, 1.54) is 6.34 Å². The molecule has 94 valence electrons. The topological polar surface area (TPSA) is 59.9 Å². The first-order valence-corrected chi connectivity index (χ1v) is 5.96. The Kier molecular flexibility index (Phi) is 1.90. The van der Waals surface area contributed by atoms with Gasteiger partial charge >= 0.3 is 0 Å². The van der Waals surface area contributed by atoms with Crippen molar-refractivity contribution >= 4 is 12.2 Å². The lowest BCUT2D eigenvalue weighted by molar-refractivity contribution is -0.123. The molecule has 1 aromatic carbocycles. The minimum absolute atomic E-state index is 0.182. The fourth-order valence-electron chi connectivity index (χ4n) is 2.70. The summed E-state index contributed by atoms with van der Waals surface area (Å²) in [5.74, 6) is 0.490. The van der Waals surface area contributed by atoms with Crippen molar-refractivity contribution in [2.45, 2.75) is 11.6 Å². The Morgan fingerprint density at radius 2 is 2.21 bits per heavy atom. The number of hydrogen-bond donors (Lipinski definition) is 1. The molecule has 4 rings (SSSR count). The van der Waals surface area contributed by atoms with Gasteiger partial charge in [-0.15, -0.1) is 0 Å². The van der Waals surface area contributed by atoms with Crippen molar-refractivity contribution in [3.8, 4) is 5.75 Å². The van der Waals surface area contributed by atoms with Crippen LogP contribution in [0.1, 0.15) is 5.56 Å². The second kappa shape index (κ2) is 3.47. The quantitative estimate of drug-likeness (QED) is 0.757. The van der Waals surface area contributed by atoms with Crippen LogP contribution < -0.4 is 10.1 Å². The highest BCUT2D eigenvalue weighted by molar-refractivity contribution is 6.04. The number of fused-ring (bicyclic) bond motifs is 4. The maximum atomic E-state index is 12.4. The zero-order chi connectivity index (χ0) is 12.9. The van der Waals surface area contributed by atoms with Gasteiger partial charge in [-0.2, -0.15) is 0 Å². The van der Waals surface area contributed by atoms with Crippen molar-refractivity contribution in [3.05, 3.63) is 54.0 Å². The molecule has 1 N–H and O–H groups in total. The molecule has 19 heavy (non-hydrogen) atoms. The smallest absolute Gasteiger partial charge is 0.262 e. The molecule has 2 atom stereocenters. The largest absolute Gasteiger partial charge is 0.481 e.